The van der Waals surface area contributed by atoms with Crippen LogP contribution in [0.25, 0.3) is 22.3 Å². The third kappa shape index (κ3) is 3.98. The predicted octanol–water partition coefficient (Wildman–Crippen LogP) is 4.85. The average molecular weight is 363 g/mol. The number of rotatable bonds is 4. The lowest BCUT2D eigenvalue weighted by Crippen LogP contribution is -2.28. The minimum Gasteiger partial charge on any atom is -0.381 e. The molecule has 0 unspecified atom stereocenters. The minimum atomic E-state index is -0.274. The Labute approximate surface area is 158 Å². The summed E-state index contributed by atoms with van der Waals surface area (Å²) in [5.41, 5.74) is 4.20. The Balaban J connectivity index is 1.54. The second-order valence-electron chi connectivity index (χ2n) is 6.84. The van der Waals surface area contributed by atoms with Crippen LogP contribution in [0.3, 0.4) is 0 Å². The summed E-state index contributed by atoms with van der Waals surface area (Å²) in [6.07, 6.45) is 5.22. The van der Waals surface area contributed by atoms with Gasteiger partial charge < -0.3 is 10.1 Å². The van der Waals surface area contributed by atoms with E-state index < -0.39 is 0 Å². The van der Waals surface area contributed by atoms with Crippen LogP contribution in [0.5, 0.6) is 0 Å². The fraction of sp³-hybridized carbons (Fsp3) is 0.273. The van der Waals surface area contributed by atoms with Crippen molar-refractivity contribution in [2.24, 2.45) is 0 Å². The number of aromatic nitrogens is 2. The van der Waals surface area contributed by atoms with Crippen LogP contribution in [0.1, 0.15) is 18.4 Å². The molecular formula is C22H22FN3O. The van der Waals surface area contributed by atoms with E-state index in [0.29, 0.717) is 23.1 Å². The Morgan fingerprint density at radius 2 is 1.70 bits per heavy atom. The van der Waals surface area contributed by atoms with E-state index in [9.17, 15) is 4.39 Å². The Bertz CT molecular complexity index is 921. The lowest BCUT2D eigenvalue weighted by molar-refractivity contribution is 0.0903. The molecule has 0 atom stereocenters. The van der Waals surface area contributed by atoms with Crippen molar-refractivity contribution in [3.8, 4) is 22.3 Å². The van der Waals surface area contributed by atoms with Gasteiger partial charge in [0.2, 0.25) is 5.95 Å². The number of ether oxygens (including phenoxy) is 1. The van der Waals surface area contributed by atoms with Crippen LogP contribution in [0.4, 0.5) is 10.3 Å². The largest absolute Gasteiger partial charge is 0.381 e. The fourth-order valence-electron chi connectivity index (χ4n) is 3.38. The highest BCUT2D eigenvalue weighted by atomic mass is 19.1. The molecule has 4 rings (SSSR count). The molecule has 5 heteroatoms. The molecule has 4 nitrogen and oxygen atoms in total. The van der Waals surface area contributed by atoms with Crippen LogP contribution in [0, 0.1) is 12.7 Å². The SMILES string of the molecule is Cc1ccccc1-c1ccc(-c2cnc(NC3CCOCC3)nc2)c(F)c1. The highest BCUT2D eigenvalue weighted by Crippen LogP contribution is 2.29. The third-order valence-electron chi connectivity index (χ3n) is 4.94. The Morgan fingerprint density at radius 1 is 0.963 bits per heavy atom. The molecule has 1 N–H and O–H groups in total. The lowest BCUT2D eigenvalue weighted by Gasteiger charge is -2.22. The number of halogens is 1. The monoisotopic (exact) mass is 363 g/mol. The Hall–Kier alpha value is -2.79. The summed E-state index contributed by atoms with van der Waals surface area (Å²) in [6.45, 7) is 3.54. The van der Waals surface area contributed by atoms with Crippen molar-refractivity contribution in [3.63, 3.8) is 0 Å². The van der Waals surface area contributed by atoms with E-state index in [1.165, 1.54) is 0 Å². The summed E-state index contributed by atoms with van der Waals surface area (Å²) in [7, 11) is 0. The van der Waals surface area contributed by atoms with E-state index in [1.807, 2.05) is 37.3 Å². The number of hydrogen-bond acceptors (Lipinski definition) is 4. The zero-order valence-corrected chi connectivity index (χ0v) is 15.3. The van der Waals surface area contributed by atoms with E-state index in [2.05, 4.69) is 15.3 Å². The van der Waals surface area contributed by atoms with E-state index in [4.69, 9.17) is 4.74 Å². The number of anilines is 1. The molecule has 0 saturated carbocycles. The third-order valence-corrected chi connectivity index (χ3v) is 4.94. The summed E-state index contributed by atoms with van der Waals surface area (Å²) in [5.74, 6) is 0.298. The van der Waals surface area contributed by atoms with Gasteiger partial charge in [0.15, 0.2) is 0 Å². The van der Waals surface area contributed by atoms with Crippen molar-refractivity contribution in [1.82, 2.24) is 9.97 Å². The van der Waals surface area contributed by atoms with Gasteiger partial charge in [0.05, 0.1) is 0 Å². The van der Waals surface area contributed by atoms with Gasteiger partial charge in [-0.1, -0.05) is 36.4 Å². The fourth-order valence-corrected chi connectivity index (χ4v) is 3.38. The molecule has 1 fully saturated rings. The molecule has 0 aliphatic carbocycles. The first-order chi connectivity index (χ1) is 13.2. The molecule has 0 bridgehead atoms. The molecule has 138 valence electrons. The zero-order valence-electron chi connectivity index (χ0n) is 15.3. The van der Waals surface area contributed by atoms with E-state index >= 15 is 0 Å². The van der Waals surface area contributed by atoms with Crippen molar-refractivity contribution in [2.75, 3.05) is 18.5 Å². The minimum absolute atomic E-state index is 0.274. The van der Waals surface area contributed by atoms with Gasteiger partial charge >= 0.3 is 0 Å². The molecular weight excluding hydrogens is 341 g/mol. The number of nitrogens with one attached hydrogen (secondary N) is 1. The summed E-state index contributed by atoms with van der Waals surface area (Å²) >= 11 is 0. The van der Waals surface area contributed by atoms with Crippen molar-refractivity contribution >= 4 is 5.95 Å². The van der Waals surface area contributed by atoms with E-state index in [-0.39, 0.29) is 5.82 Å². The molecule has 27 heavy (non-hydrogen) atoms. The smallest absolute Gasteiger partial charge is 0.222 e. The molecule has 1 aliphatic rings. The van der Waals surface area contributed by atoms with Crippen LogP contribution in [0.15, 0.2) is 54.9 Å². The zero-order chi connectivity index (χ0) is 18.6. The molecule has 1 aliphatic heterocycles. The first-order valence-corrected chi connectivity index (χ1v) is 9.23. The van der Waals surface area contributed by atoms with Gasteiger partial charge in [-0.3, -0.25) is 0 Å². The molecule has 0 spiro atoms. The molecule has 0 amide bonds. The van der Waals surface area contributed by atoms with E-state index in [0.717, 1.165) is 42.7 Å². The van der Waals surface area contributed by atoms with Crippen LogP contribution >= 0.6 is 0 Å². The van der Waals surface area contributed by atoms with Gasteiger partial charge in [0.25, 0.3) is 0 Å². The first kappa shape index (κ1) is 17.6. The van der Waals surface area contributed by atoms with Crippen LogP contribution in [-0.2, 0) is 4.74 Å². The molecule has 2 heterocycles. The number of aryl methyl sites for hydroxylation is 1. The van der Waals surface area contributed by atoms with Gasteiger partial charge in [-0.05, 0) is 42.5 Å². The number of hydrogen-bond donors (Lipinski definition) is 1. The molecule has 2 aromatic carbocycles. The van der Waals surface area contributed by atoms with E-state index in [1.54, 1.807) is 24.5 Å². The standard InChI is InChI=1S/C22H22FN3O/c1-15-4-2-3-5-19(15)16-6-7-20(21(23)12-16)17-13-24-22(25-14-17)26-18-8-10-27-11-9-18/h2-7,12-14,18H,8-11H2,1H3,(H,24,25,26). The van der Waals surface area contributed by atoms with Gasteiger partial charge in [-0.15, -0.1) is 0 Å². The number of benzene rings is 2. The Morgan fingerprint density at radius 3 is 2.41 bits per heavy atom. The predicted molar refractivity (Wildman–Crippen MR) is 105 cm³/mol. The van der Waals surface area contributed by atoms with Crippen LogP contribution in [-0.4, -0.2) is 29.2 Å². The highest BCUT2D eigenvalue weighted by molar-refractivity contribution is 5.72. The summed E-state index contributed by atoms with van der Waals surface area (Å²) in [4.78, 5) is 8.71. The van der Waals surface area contributed by atoms with Crippen LogP contribution < -0.4 is 5.32 Å². The molecule has 0 radical (unpaired) electrons. The van der Waals surface area contributed by atoms with Gasteiger partial charge in [-0.2, -0.15) is 0 Å². The average Bonchev–Trinajstić information content (AvgIpc) is 2.70. The van der Waals surface area contributed by atoms with Crippen molar-refractivity contribution in [1.29, 1.82) is 0 Å². The molecule has 3 aromatic rings. The van der Waals surface area contributed by atoms with Gasteiger partial charge in [0, 0.05) is 42.8 Å². The maximum atomic E-state index is 14.7. The van der Waals surface area contributed by atoms with Crippen LogP contribution in [0.2, 0.25) is 0 Å². The number of nitrogens with zero attached hydrogens (tertiary/aromatic N) is 2. The summed E-state index contributed by atoms with van der Waals surface area (Å²) < 4.78 is 20.1. The second kappa shape index (κ2) is 7.84. The first-order valence-electron chi connectivity index (χ1n) is 9.23. The maximum absolute atomic E-state index is 14.7. The highest BCUT2D eigenvalue weighted by Gasteiger charge is 2.15. The summed E-state index contributed by atoms with van der Waals surface area (Å²) in [5, 5.41) is 3.32. The topological polar surface area (TPSA) is 47.0 Å². The quantitative estimate of drug-likeness (QED) is 0.720. The Kier molecular flexibility index (Phi) is 5.12. The normalized spacial score (nSPS) is 14.9. The molecule has 1 aromatic heterocycles. The van der Waals surface area contributed by atoms with Crippen molar-refractivity contribution < 1.29 is 9.13 Å². The summed E-state index contributed by atoms with van der Waals surface area (Å²) in [6, 6.07) is 13.6. The van der Waals surface area contributed by atoms with Gasteiger partial charge in [0.1, 0.15) is 5.82 Å². The molecule has 1 saturated heterocycles. The van der Waals surface area contributed by atoms with Crippen molar-refractivity contribution in [2.45, 2.75) is 25.8 Å². The lowest BCUT2D eigenvalue weighted by atomic mass is 9.98. The van der Waals surface area contributed by atoms with Crippen molar-refractivity contribution in [3.05, 3.63) is 66.2 Å². The maximum Gasteiger partial charge on any atom is 0.222 e. The second-order valence-corrected chi connectivity index (χ2v) is 6.84. The van der Waals surface area contributed by atoms with Gasteiger partial charge in [-0.25, -0.2) is 14.4 Å².